The van der Waals surface area contributed by atoms with Gasteiger partial charge in [-0.05, 0) is 27.4 Å². The van der Waals surface area contributed by atoms with Gasteiger partial charge in [0.2, 0.25) is 5.91 Å². The second kappa shape index (κ2) is 6.73. The molecule has 0 aliphatic heterocycles. The van der Waals surface area contributed by atoms with Crippen LogP contribution in [0, 0.1) is 0 Å². The monoisotopic (exact) mass is 320 g/mol. The van der Waals surface area contributed by atoms with E-state index in [1.165, 1.54) is 6.92 Å². The Morgan fingerprint density at radius 2 is 2.29 bits per heavy atom. The van der Waals surface area contributed by atoms with Crippen LogP contribution in [0.2, 0.25) is 0 Å². The van der Waals surface area contributed by atoms with Crippen molar-refractivity contribution in [3.63, 3.8) is 0 Å². The zero-order chi connectivity index (χ0) is 12.8. The first-order valence-corrected chi connectivity index (χ1v) is 6.60. The molecular formula is C10H13BrN2O3S. The second-order valence-electron chi connectivity index (χ2n) is 3.41. The van der Waals surface area contributed by atoms with Crippen LogP contribution in [0.5, 0.6) is 0 Å². The van der Waals surface area contributed by atoms with E-state index in [2.05, 4.69) is 26.6 Å². The zero-order valence-electron chi connectivity index (χ0n) is 9.20. The average molecular weight is 321 g/mol. The Morgan fingerprint density at radius 3 is 2.76 bits per heavy atom. The van der Waals surface area contributed by atoms with E-state index >= 15 is 0 Å². The number of amides is 1. The van der Waals surface area contributed by atoms with Gasteiger partial charge in [-0.25, -0.2) is 4.79 Å². The highest BCUT2D eigenvalue weighted by Crippen LogP contribution is 2.21. The number of hydrogen-bond acceptors (Lipinski definition) is 4. The van der Waals surface area contributed by atoms with Crippen molar-refractivity contribution in [1.82, 2.24) is 10.6 Å². The van der Waals surface area contributed by atoms with Gasteiger partial charge in [-0.2, -0.15) is 0 Å². The van der Waals surface area contributed by atoms with Gasteiger partial charge in [0.05, 0.1) is 0 Å². The SMILES string of the molecule is CC(=O)NC(CNCc1sccc1Br)C(=O)O. The third kappa shape index (κ3) is 4.84. The summed E-state index contributed by atoms with van der Waals surface area (Å²) in [5, 5.41) is 16.2. The molecule has 0 radical (unpaired) electrons. The van der Waals surface area contributed by atoms with Crippen LogP contribution in [0.25, 0.3) is 0 Å². The molecule has 5 nitrogen and oxygen atoms in total. The van der Waals surface area contributed by atoms with Gasteiger partial charge < -0.3 is 15.7 Å². The van der Waals surface area contributed by atoms with Crippen molar-refractivity contribution < 1.29 is 14.7 Å². The molecule has 0 saturated carbocycles. The summed E-state index contributed by atoms with van der Waals surface area (Å²) in [5.41, 5.74) is 0. The fourth-order valence-corrected chi connectivity index (χ4v) is 2.69. The minimum absolute atomic E-state index is 0.194. The Labute approximate surface area is 111 Å². The lowest BCUT2D eigenvalue weighted by molar-refractivity contribution is -0.141. The molecule has 7 heteroatoms. The van der Waals surface area contributed by atoms with Crippen LogP contribution in [0.1, 0.15) is 11.8 Å². The van der Waals surface area contributed by atoms with Gasteiger partial charge in [0.15, 0.2) is 0 Å². The fourth-order valence-electron chi connectivity index (χ4n) is 1.23. The predicted octanol–water partition coefficient (Wildman–Crippen LogP) is 1.19. The van der Waals surface area contributed by atoms with Crippen LogP contribution in [0.4, 0.5) is 0 Å². The molecule has 0 saturated heterocycles. The van der Waals surface area contributed by atoms with E-state index in [0.29, 0.717) is 6.54 Å². The number of nitrogens with one attached hydrogen (secondary N) is 2. The van der Waals surface area contributed by atoms with Gasteiger partial charge in [0.1, 0.15) is 6.04 Å². The van der Waals surface area contributed by atoms with Gasteiger partial charge in [0.25, 0.3) is 0 Å². The van der Waals surface area contributed by atoms with Crippen LogP contribution in [-0.2, 0) is 16.1 Å². The maximum atomic E-state index is 10.8. The number of halogens is 1. The van der Waals surface area contributed by atoms with Crippen LogP contribution in [0.3, 0.4) is 0 Å². The standard InChI is InChI=1S/C10H13BrN2O3S/c1-6(14)13-8(10(15)16)4-12-5-9-7(11)2-3-17-9/h2-3,8,12H,4-5H2,1H3,(H,13,14)(H,15,16). The molecule has 1 heterocycles. The molecule has 1 aromatic heterocycles. The highest BCUT2D eigenvalue weighted by atomic mass is 79.9. The average Bonchev–Trinajstić information content (AvgIpc) is 2.62. The summed E-state index contributed by atoms with van der Waals surface area (Å²) in [5.74, 6) is -1.39. The smallest absolute Gasteiger partial charge is 0.327 e. The van der Waals surface area contributed by atoms with Gasteiger partial charge in [-0.3, -0.25) is 4.79 Å². The first-order chi connectivity index (χ1) is 8.00. The highest BCUT2D eigenvalue weighted by Gasteiger charge is 2.17. The van der Waals surface area contributed by atoms with E-state index in [1.54, 1.807) is 11.3 Å². The summed E-state index contributed by atoms with van der Waals surface area (Å²) in [6.45, 7) is 2.06. The summed E-state index contributed by atoms with van der Waals surface area (Å²) < 4.78 is 1.00. The van der Waals surface area contributed by atoms with E-state index in [1.807, 2.05) is 11.4 Å². The Bertz CT molecular complexity index is 408. The van der Waals surface area contributed by atoms with Crippen LogP contribution in [-0.4, -0.2) is 29.6 Å². The van der Waals surface area contributed by atoms with Crippen molar-refractivity contribution in [3.8, 4) is 0 Å². The van der Waals surface area contributed by atoms with Crippen molar-refractivity contribution in [1.29, 1.82) is 0 Å². The lowest BCUT2D eigenvalue weighted by Gasteiger charge is -2.13. The summed E-state index contributed by atoms with van der Waals surface area (Å²) in [6.07, 6.45) is 0. The predicted molar refractivity (Wildman–Crippen MR) is 69.0 cm³/mol. The Kier molecular flexibility index (Phi) is 5.60. The quantitative estimate of drug-likeness (QED) is 0.735. The van der Waals surface area contributed by atoms with Gasteiger partial charge in [-0.1, -0.05) is 0 Å². The lowest BCUT2D eigenvalue weighted by atomic mass is 10.3. The summed E-state index contributed by atoms with van der Waals surface area (Å²) in [4.78, 5) is 22.7. The number of hydrogen-bond donors (Lipinski definition) is 3. The second-order valence-corrected chi connectivity index (χ2v) is 5.27. The molecule has 0 aliphatic carbocycles. The number of rotatable bonds is 6. The summed E-state index contributed by atoms with van der Waals surface area (Å²) >= 11 is 4.97. The number of carbonyl (C=O) groups excluding carboxylic acids is 1. The van der Waals surface area contributed by atoms with E-state index in [-0.39, 0.29) is 12.5 Å². The number of thiophene rings is 1. The molecule has 1 amide bonds. The number of carboxylic acids is 1. The van der Waals surface area contributed by atoms with Crippen molar-refractivity contribution in [3.05, 3.63) is 20.8 Å². The van der Waals surface area contributed by atoms with E-state index < -0.39 is 12.0 Å². The summed E-state index contributed by atoms with van der Waals surface area (Å²) in [7, 11) is 0. The molecule has 0 fully saturated rings. The van der Waals surface area contributed by atoms with Crippen LogP contribution in [0.15, 0.2) is 15.9 Å². The third-order valence-corrected chi connectivity index (χ3v) is 3.93. The molecule has 1 aromatic rings. The molecule has 94 valence electrons. The van der Waals surface area contributed by atoms with Crippen LogP contribution < -0.4 is 10.6 Å². The molecular weight excluding hydrogens is 308 g/mol. The molecule has 0 spiro atoms. The Balaban J connectivity index is 2.40. The van der Waals surface area contributed by atoms with Crippen molar-refractivity contribution in [2.24, 2.45) is 0 Å². The number of aliphatic carboxylic acids is 1. The first-order valence-electron chi connectivity index (χ1n) is 4.93. The minimum atomic E-state index is -1.04. The minimum Gasteiger partial charge on any atom is -0.480 e. The molecule has 0 aromatic carbocycles. The Hall–Kier alpha value is -0.920. The maximum absolute atomic E-state index is 10.8. The third-order valence-electron chi connectivity index (χ3n) is 2.00. The van der Waals surface area contributed by atoms with Gasteiger partial charge in [-0.15, -0.1) is 11.3 Å². The summed E-state index contributed by atoms with van der Waals surface area (Å²) in [6, 6.07) is 1.04. The first kappa shape index (κ1) is 14.1. The van der Waals surface area contributed by atoms with Gasteiger partial charge >= 0.3 is 5.97 Å². The van der Waals surface area contributed by atoms with Crippen LogP contribution >= 0.6 is 27.3 Å². The Morgan fingerprint density at radius 1 is 1.59 bits per heavy atom. The zero-order valence-corrected chi connectivity index (χ0v) is 11.6. The highest BCUT2D eigenvalue weighted by molar-refractivity contribution is 9.10. The normalized spacial score (nSPS) is 12.1. The van der Waals surface area contributed by atoms with Crippen molar-refractivity contribution in [2.45, 2.75) is 19.5 Å². The lowest BCUT2D eigenvalue weighted by Crippen LogP contribution is -2.46. The van der Waals surface area contributed by atoms with E-state index in [4.69, 9.17) is 5.11 Å². The molecule has 1 unspecified atom stereocenters. The van der Waals surface area contributed by atoms with E-state index in [9.17, 15) is 9.59 Å². The molecule has 1 atom stereocenters. The molecule has 0 aliphatic rings. The molecule has 1 rings (SSSR count). The van der Waals surface area contributed by atoms with E-state index in [0.717, 1.165) is 9.35 Å². The molecule has 17 heavy (non-hydrogen) atoms. The van der Waals surface area contributed by atoms with Crippen molar-refractivity contribution in [2.75, 3.05) is 6.54 Å². The molecule has 3 N–H and O–H groups in total. The largest absolute Gasteiger partial charge is 0.480 e. The topological polar surface area (TPSA) is 78.4 Å². The maximum Gasteiger partial charge on any atom is 0.327 e. The molecule has 0 bridgehead atoms. The van der Waals surface area contributed by atoms with Gasteiger partial charge in [0, 0.05) is 29.4 Å². The van der Waals surface area contributed by atoms with Crippen molar-refractivity contribution >= 4 is 39.1 Å². The number of carboxylic acid groups (broad SMARTS) is 1. The number of carbonyl (C=O) groups is 2. The fraction of sp³-hybridized carbons (Fsp3) is 0.400.